The molecule has 0 radical (unpaired) electrons. The maximum atomic E-state index is 12.5. The minimum atomic E-state index is -0.803. The number of carbonyl (C=O) groups is 1. The Balaban J connectivity index is 1.11. The highest BCUT2D eigenvalue weighted by molar-refractivity contribution is 5.76. The maximum Gasteiger partial charge on any atom is 0.325 e. The zero-order valence-corrected chi connectivity index (χ0v) is 22.5. The number of aryl methyl sites for hydroxylation is 4. The van der Waals surface area contributed by atoms with E-state index in [4.69, 9.17) is 14.5 Å². The van der Waals surface area contributed by atoms with Crippen LogP contribution >= 0.6 is 0 Å². The highest BCUT2D eigenvalue weighted by Gasteiger charge is 2.39. The van der Waals surface area contributed by atoms with Crippen molar-refractivity contribution in [3.05, 3.63) is 64.0 Å². The highest BCUT2D eigenvalue weighted by atomic mass is 16.5. The summed E-state index contributed by atoms with van der Waals surface area (Å²) in [7, 11) is 0. The van der Waals surface area contributed by atoms with E-state index in [1.807, 2.05) is 25.1 Å². The summed E-state index contributed by atoms with van der Waals surface area (Å²) in [5.41, 5.74) is 6.81. The molecule has 1 N–H and O–H groups in total. The van der Waals surface area contributed by atoms with E-state index in [1.165, 1.54) is 36.2 Å². The van der Waals surface area contributed by atoms with Gasteiger partial charge in [0.2, 0.25) is 0 Å². The van der Waals surface area contributed by atoms with Gasteiger partial charge in [-0.3, -0.25) is 14.7 Å². The van der Waals surface area contributed by atoms with Gasteiger partial charge in [-0.1, -0.05) is 29.8 Å². The molecule has 0 amide bonds. The van der Waals surface area contributed by atoms with Crippen molar-refractivity contribution >= 4 is 5.97 Å². The van der Waals surface area contributed by atoms with Crippen LogP contribution in [0.15, 0.2) is 30.3 Å². The third kappa shape index (κ3) is 6.78. The Bertz CT molecular complexity index is 1100. The second kappa shape index (κ2) is 11.6. The third-order valence-electron chi connectivity index (χ3n) is 8.32. The fraction of sp³-hybridized carbons (Fsp3) is 0.613. The number of pyridine rings is 1. The molecule has 1 saturated heterocycles. The summed E-state index contributed by atoms with van der Waals surface area (Å²) in [6, 6.07) is 9.91. The number of benzene rings is 1. The second-order valence-electron chi connectivity index (χ2n) is 11.5. The summed E-state index contributed by atoms with van der Waals surface area (Å²) in [5.74, 6) is -0.803. The molecule has 2 heterocycles. The number of ether oxygens (including phenoxy) is 2. The lowest BCUT2D eigenvalue weighted by molar-refractivity contribution is -0.143. The van der Waals surface area contributed by atoms with Crippen molar-refractivity contribution in [2.75, 3.05) is 19.7 Å². The molecule has 37 heavy (non-hydrogen) atoms. The quantitative estimate of drug-likeness (QED) is 0.379. The number of hydrogen-bond donors (Lipinski definition) is 1. The van der Waals surface area contributed by atoms with Crippen molar-refractivity contribution in [3.63, 3.8) is 0 Å². The van der Waals surface area contributed by atoms with Gasteiger partial charge in [0.25, 0.3) is 0 Å². The monoisotopic (exact) mass is 506 g/mol. The molecule has 1 saturated carbocycles. The summed E-state index contributed by atoms with van der Waals surface area (Å²) in [5, 5.41) is 10.2. The molecule has 2 atom stereocenters. The standard InChI is InChI=1S/C31H42N2O4/c1-22-10-11-24(21-37-31(2)15-16-31)27(19-22)29(30(34)35)33-17-14-26(20-33)36-18-6-5-8-25-13-12-23-7-3-4-9-28(23)32-25/h10-13,19,26,29H,3-9,14-18,20-21H2,1-2H3,(H,34,35)/t26-,29+/m1/s1. The Kier molecular flexibility index (Phi) is 8.28. The van der Waals surface area contributed by atoms with Gasteiger partial charge >= 0.3 is 5.97 Å². The van der Waals surface area contributed by atoms with E-state index >= 15 is 0 Å². The molecule has 2 fully saturated rings. The van der Waals surface area contributed by atoms with Gasteiger partial charge in [-0.05, 0) is 101 Å². The number of nitrogens with zero attached hydrogens (tertiary/aromatic N) is 2. The predicted molar refractivity (Wildman–Crippen MR) is 144 cm³/mol. The number of likely N-dealkylation sites (tertiary alicyclic amines) is 1. The summed E-state index contributed by atoms with van der Waals surface area (Å²) < 4.78 is 12.3. The van der Waals surface area contributed by atoms with Crippen LogP contribution < -0.4 is 0 Å². The van der Waals surface area contributed by atoms with Crippen LogP contribution in [0.25, 0.3) is 0 Å². The number of carboxylic acids is 1. The van der Waals surface area contributed by atoms with Crippen molar-refractivity contribution < 1.29 is 19.4 Å². The fourth-order valence-corrected chi connectivity index (χ4v) is 5.71. The molecule has 6 heteroatoms. The van der Waals surface area contributed by atoms with Gasteiger partial charge in [-0.15, -0.1) is 0 Å². The summed E-state index contributed by atoms with van der Waals surface area (Å²) in [4.78, 5) is 19.4. The van der Waals surface area contributed by atoms with Crippen LogP contribution in [0.1, 0.15) is 91.6 Å². The molecule has 2 aromatic rings. The van der Waals surface area contributed by atoms with Gasteiger partial charge in [0.15, 0.2) is 0 Å². The van der Waals surface area contributed by atoms with Crippen molar-refractivity contribution in [2.24, 2.45) is 0 Å². The SMILES string of the molecule is Cc1ccc(COC2(C)CC2)c([C@@H](C(=O)O)N2CC[C@@H](OCCCCc3ccc4c(n3)CCCC4)C2)c1. The molecule has 1 aromatic carbocycles. The van der Waals surface area contributed by atoms with Gasteiger partial charge in [-0.2, -0.15) is 0 Å². The Hall–Kier alpha value is -2.28. The van der Waals surface area contributed by atoms with Crippen LogP contribution in [0.4, 0.5) is 0 Å². The molecule has 1 aromatic heterocycles. The van der Waals surface area contributed by atoms with Crippen LogP contribution in [0.2, 0.25) is 0 Å². The molecule has 3 aliphatic rings. The maximum absolute atomic E-state index is 12.5. The average Bonchev–Trinajstić information content (AvgIpc) is 3.45. The Morgan fingerprint density at radius 2 is 2.03 bits per heavy atom. The first-order chi connectivity index (χ1) is 17.9. The zero-order valence-electron chi connectivity index (χ0n) is 22.5. The minimum absolute atomic E-state index is 0.0383. The second-order valence-corrected chi connectivity index (χ2v) is 11.5. The lowest BCUT2D eigenvalue weighted by Gasteiger charge is -2.27. The third-order valence-corrected chi connectivity index (χ3v) is 8.32. The molecule has 0 spiro atoms. The van der Waals surface area contributed by atoms with E-state index in [1.54, 1.807) is 0 Å². The zero-order chi connectivity index (χ0) is 25.8. The molecule has 2 aliphatic carbocycles. The topological polar surface area (TPSA) is 71.9 Å². The van der Waals surface area contributed by atoms with Gasteiger partial charge in [0, 0.05) is 31.1 Å². The van der Waals surface area contributed by atoms with Crippen LogP contribution in [0, 0.1) is 6.92 Å². The number of unbranched alkanes of at least 4 members (excludes halogenated alkanes) is 1. The molecular formula is C31H42N2O4. The molecular weight excluding hydrogens is 464 g/mol. The lowest BCUT2D eigenvalue weighted by atomic mass is 9.95. The molecule has 0 unspecified atom stereocenters. The van der Waals surface area contributed by atoms with Gasteiger partial charge < -0.3 is 14.6 Å². The first kappa shape index (κ1) is 26.3. The van der Waals surface area contributed by atoms with E-state index in [9.17, 15) is 9.90 Å². The van der Waals surface area contributed by atoms with Gasteiger partial charge in [-0.25, -0.2) is 0 Å². The Morgan fingerprint density at radius 1 is 1.19 bits per heavy atom. The number of aliphatic carboxylic acids is 1. The van der Waals surface area contributed by atoms with Crippen LogP contribution in [0.5, 0.6) is 0 Å². The van der Waals surface area contributed by atoms with Crippen molar-refractivity contribution in [1.29, 1.82) is 0 Å². The minimum Gasteiger partial charge on any atom is -0.480 e. The first-order valence-electron chi connectivity index (χ1n) is 14.2. The number of rotatable bonds is 12. The first-order valence-corrected chi connectivity index (χ1v) is 14.2. The van der Waals surface area contributed by atoms with E-state index in [-0.39, 0.29) is 11.7 Å². The normalized spacial score (nSPS) is 21.5. The van der Waals surface area contributed by atoms with E-state index in [0.29, 0.717) is 19.8 Å². The molecule has 6 nitrogen and oxygen atoms in total. The molecule has 5 rings (SSSR count). The van der Waals surface area contributed by atoms with Crippen LogP contribution in [0.3, 0.4) is 0 Å². The fourth-order valence-electron chi connectivity index (χ4n) is 5.71. The van der Waals surface area contributed by atoms with Crippen LogP contribution in [-0.2, 0) is 40.1 Å². The number of hydrogen-bond acceptors (Lipinski definition) is 5. The highest BCUT2D eigenvalue weighted by Crippen LogP contribution is 2.40. The van der Waals surface area contributed by atoms with E-state index in [2.05, 4.69) is 24.0 Å². The largest absolute Gasteiger partial charge is 0.480 e. The van der Waals surface area contributed by atoms with E-state index < -0.39 is 12.0 Å². The Labute approximate surface area is 221 Å². The lowest BCUT2D eigenvalue weighted by Crippen LogP contribution is -2.34. The smallest absolute Gasteiger partial charge is 0.325 e. The summed E-state index contributed by atoms with van der Waals surface area (Å²) in [6.45, 7) is 6.69. The summed E-state index contributed by atoms with van der Waals surface area (Å²) in [6.07, 6.45) is 11.0. The Morgan fingerprint density at radius 3 is 2.84 bits per heavy atom. The summed E-state index contributed by atoms with van der Waals surface area (Å²) >= 11 is 0. The average molecular weight is 507 g/mol. The van der Waals surface area contributed by atoms with Crippen molar-refractivity contribution in [2.45, 2.75) is 102 Å². The van der Waals surface area contributed by atoms with E-state index in [0.717, 1.165) is 68.2 Å². The van der Waals surface area contributed by atoms with Gasteiger partial charge in [0.05, 0.1) is 18.3 Å². The number of carboxylic acid groups (broad SMARTS) is 1. The van der Waals surface area contributed by atoms with Gasteiger partial charge in [0.1, 0.15) is 6.04 Å². The van der Waals surface area contributed by atoms with Crippen molar-refractivity contribution in [1.82, 2.24) is 9.88 Å². The number of fused-ring (bicyclic) bond motifs is 1. The van der Waals surface area contributed by atoms with Crippen molar-refractivity contribution in [3.8, 4) is 0 Å². The van der Waals surface area contributed by atoms with Crippen LogP contribution in [-0.4, -0.2) is 52.4 Å². The number of aromatic nitrogens is 1. The molecule has 0 bridgehead atoms. The molecule has 200 valence electrons. The predicted octanol–water partition coefficient (Wildman–Crippen LogP) is 5.58. The molecule has 1 aliphatic heterocycles.